The molecule has 0 bridgehead atoms. The van der Waals surface area contributed by atoms with Gasteiger partial charge in [-0.15, -0.1) is 0 Å². The molecule has 3 aromatic carbocycles. The lowest BCUT2D eigenvalue weighted by molar-refractivity contribution is 0.374. The minimum atomic E-state index is 0.0816. The zero-order valence-electron chi connectivity index (χ0n) is 17.4. The van der Waals surface area contributed by atoms with Crippen LogP contribution in [0.1, 0.15) is 39.5 Å². The Kier molecular flexibility index (Phi) is 5.27. The third-order valence-electron chi connectivity index (χ3n) is 6.13. The maximum Gasteiger partial charge on any atom is 0.161 e. The number of fused-ring (bicyclic) bond motifs is 5. The SMILES string of the molecule is CCCCC(CC)Cn1c2ccccc2c2c3cc(O)c(OC)cc3c(O)cc21. The molecule has 0 radical (unpaired) electrons. The van der Waals surface area contributed by atoms with Gasteiger partial charge < -0.3 is 19.5 Å². The Bertz CT molecular complexity index is 1180. The van der Waals surface area contributed by atoms with Crippen LogP contribution < -0.4 is 4.74 Å². The molecule has 4 nitrogen and oxygen atoms in total. The van der Waals surface area contributed by atoms with Crippen LogP contribution in [0.2, 0.25) is 0 Å². The largest absolute Gasteiger partial charge is 0.507 e. The second-order valence-electron chi connectivity index (χ2n) is 7.90. The molecule has 0 saturated heterocycles. The first-order valence-corrected chi connectivity index (χ1v) is 10.5. The third-order valence-corrected chi connectivity index (χ3v) is 6.13. The molecule has 0 saturated carbocycles. The number of hydrogen-bond acceptors (Lipinski definition) is 3. The molecule has 0 aliphatic rings. The van der Waals surface area contributed by atoms with E-state index >= 15 is 0 Å². The molecular formula is C25H29NO3. The Labute approximate surface area is 171 Å². The van der Waals surface area contributed by atoms with E-state index in [4.69, 9.17) is 4.74 Å². The maximum atomic E-state index is 10.8. The molecule has 29 heavy (non-hydrogen) atoms. The highest BCUT2D eigenvalue weighted by Gasteiger charge is 2.19. The van der Waals surface area contributed by atoms with Gasteiger partial charge in [-0.1, -0.05) is 51.3 Å². The van der Waals surface area contributed by atoms with Crippen molar-refractivity contribution in [2.24, 2.45) is 5.92 Å². The van der Waals surface area contributed by atoms with Crippen molar-refractivity contribution in [3.8, 4) is 17.2 Å². The predicted molar refractivity (Wildman–Crippen MR) is 120 cm³/mol. The van der Waals surface area contributed by atoms with Crippen LogP contribution >= 0.6 is 0 Å². The molecule has 4 rings (SSSR count). The molecule has 1 aromatic heterocycles. The smallest absolute Gasteiger partial charge is 0.161 e. The van der Waals surface area contributed by atoms with Crippen molar-refractivity contribution in [1.82, 2.24) is 4.57 Å². The van der Waals surface area contributed by atoms with Crippen LogP contribution in [-0.4, -0.2) is 21.9 Å². The van der Waals surface area contributed by atoms with Gasteiger partial charge in [0.2, 0.25) is 0 Å². The van der Waals surface area contributed by atoms with Crippen LogP contribution in [0, 0.1) is 5.92 Å². The first kappa shape index (κ1) is 19.4. The predicted octanol–water partition coefficient (Wildman–Crippen LogP) is 6.58. The molecule has 2 N–H and O–H groups in total. The number of ether oxygens (including phenoxy) is 1. The Balaban J connectivity index is 2.02. The van der Waals surface area contributed by atoms with Gasteiger partial charge in [0.1, 0.15) is 5.75 Å². The zero-order chi connectivity index (χ0) is 20.5. The van der Waals surface area contributed by atoms with E-state index in [9.17, 15) is 10.2 Å². The average Bonchev–Trinajstić information content (AvgIpc) is 3.04. The molecule has 4 aromatic rings. The minimum Gasteiger partial charge on any atom is -0.507 e. The van der Waals surface area contributed by atoms with Gasteiger partial charge in [-0.25, -0.2) is 0 Å². The van der Waals surface area contributed by atoms with E-state index in [1.54, 1.807) is 12.1 Å². The van der Waals surface area contributed by atoms with Crippen LogP contribution in [-0.2, 0) is 6.54 Å². The van der Waals surface area contributed by atoms with E-state index in [2.05, 4.69) is 36.6 Å². The van der Waals surface area contributed by atoms with Gasteiger partial charge in [0.25, 0.3) is 0 Å². The Morgan fingerprint density at radius 3 is 2.45 bits per heavy atom. The van der Waals surface area contributed by atoms with E-state index < -0.39 is 0 Å². The van der Waals surface area contributed by atoms with E-state index in [1.807, 2.05) is 12.1 Å². The van der Waals surface area contributed by atoms with Crippen molar-refractivity contribution in [3.63, 3.8) is 0 Å². The van der Waals surface area contributed by atoms with Crippen molar-refractivity contribution < 1.29 is 14.9 Å². The normalized spacial score (nSPS) is 12.8. The lowest BCUT2D eigenvalue weighted by Crippen LogP contribution is -2.10. The number of methoxy groups -OCH3 is 1. The molecular weight excluding hydrogens is 362 g/mol. The summed E-state index contributed by atoms with van der Waals surface area (Å²) in [6.45, 7) is 5.41. The van der Waals surface area contributed by atoms with Crippen molar-refractivity contribution in [3.05, 3.63) is 42.5 Å². The Morgan fingerprint density at radius 1 is 0.931 bits per heavy atom. The Hall–Kier alpha value is -2.88. The maximum absolute atomic E-state index is 10.8. The lowest BCUT2D eigenvalue weighted by atomic mass is 9.99. The number of aromatic nitrogens is 1. The molecule has 1 unspecified atom stereocenters. The van der Waals surface area contributed by atoms with Crippen molar-refractivity contribution in [2.45, 2.75) is 46.1 Å². The summed E-state index contributed by atoms with van der Waals surface area (Å²) in [4.78, 5) is 0. The monoisotopic (exact) mass is 391 g/mol. The highest BCUT2D eigenvalue weighted by atomic mass is 16.5. The molecule has 0 aliphatic carbocycles. The molecule has 0 spiro atoms. The summed E-state index contributed by atoms with van der Waals surface area (Å²) >= 11 is 0. The van der Waals surface area contributed by atoms with Gasteiger partial charge in [0.15, 0.2) is 11.5 Å². The van der Waals surface area contributed by atoms with Crippen LogP contribution in [0.15, 0.2) is 42.5 Å². The number of unbranched alkanes of at least 4 members (excludes halogenated alkanes) is 1. The molecule has 4 heteroatoms. The summed E-state index contributed by atoms with van der Waals surface area (Å²) in [5.41, 5.74) is 2.18. The van der Waals surface area contributed by atoms with E-state index in [1.165, 1.54) is 31.9 Å². The van der Waals surface area contributed by atoms with E-state index in [0.717, 1.165) is 34.6 Å². The summed E-state index contributed by atoms with van der Waals surface area (Å²) in [5, 5.41) is 25.0. The summed E-state index contributed by atoms with van der Waals surface area (Å²) in [5.74, 6) is 1.24. The number of hydrogen-bond donors (Lipinski definition) is 2. The third kappa shape index (κ3) is 3.27. The fourth-order valence-corrected chi connectivity index (χ4v) is 4.49. The van der Waals surface area contributed by atoms with E-state index in [-0.39, 0.29) is 11.5 Å². The number of benzene rings is 3. The number of aromatic hydroxyl groups is 2. The number of nitrogens with zero attached hydrogens (tertiary/aromatic N) is 1. The zero-order valence-corrected chi connectivity index (χ0v) is 17.4. The van der Waals surface area contributed by atoms with Gasteiger partial charge in [-0.3, -0.25) is 0 Å². The summed E-state index contributed by atoms with van der Waals surface area (Å²) in [6, 6.07) is 13.7. The van der Waals surface area contributed by atoms with Crippen LogP contribution in [0.25, 0.3) is 32.6 Å². The van der Waals surface area contributed by atoms with Crippen molar-refractivity contribution in [1.29, 1.82) is 0 Å². The molecule has 152 valence electrons. The molecule has 1 heterocycles. The van der Waals surface area contributed by atoms with E-state index in [0.29, 0.717) is 17.1 Å². The van der Waals surface area contributed by atoms with Gasteiger partial charge in [-0.05, 0) is 35.9 Å². The van der Waals surface area contributed by atoms with Crippen molar-refractivity contribution >= 4 is 32.6 Å². The number of para-hydroxylation sites is 1. The fourth-order valence-electron chi connectivity index (χ4n) is 4.49. The minimum absolute atomic E-state index is 0.0816. The van der Waals surface area contributed by atoms with Crippen molar-refractivity contribution in [2.75, 3.05) is 7.11 Å². The molecule has 1 atom stereocenters. The Morgan fingerprint density at radius 2 is 1.72 bits per heavy atom. The number of phenolic OH excluding ortho intramolecular Hbond substituents is 2. The fraction of sp³-hybridized carbons (Fsp3) is 0.360. The van der Waals surface area contributed by atoms with Gasteiger partial charge in [0.05, 0.1) is 12.6 Å². The summed E-state index contributed by atoms with van der Waals surface area (Å²) in [7, 11) is 1.52. The number of rotatable bonds is 7. The first-order valence-electron chi connectivity index (χ1n) is 10.5. The highest BCUT2D eigenvalue weighted by Crippen LogP contribution is 2.43. The quantitative estimate of drug-likeness (QED) is 0.374. The molecule has 0 amide bonds. The first-order chi connectivity index (χ1) is 14.1. The van der Waals surface area contributed by atoms with Crippen LogP contribution in [0.5, 0.6) is 17.2 Å². The lowest BCUT2D eigenvalue weighted by Gasteiger charge is -2.17. The molecule has 0 aliphatic heterocycles. The van der Waals surface area contributed by atoms with Gasteiger partial charge >= 0.3 is 0 Å². The standard InChI is InChI=1S/C25H29NO3/c1-4-6-9-16(5-2)15-26-20-11-8-7-10-17(20)25-19-12-23(28)24(29-3)13-18(19)22(27)14-21(25)26/h7-8,10-14,16,27-28H,4-6,9,15H2,1-3H3. The van der Waals surface area contributed by atoms with Gasteiger partial charge in [0, 0.05) is 34.3 Å². The second kappa shape index (κ2) is 7.86. The molecule has 0 fully saturated rings. The number of phenols is 2. The summed E-state index contributed by atoms with van der Waals surface area (Å²) in [6.07, 6.45) is 4.78. The second-order valence-corrected chi connectivity index (χ2v) is 7.90. The average molecular weight is 392 g/mol. The summed E-state index contributed by atoms with van der Waals surface area (Å²) < 4.78 is 7.59. The van der Waals surface area contributed by atoms with Crippen LogP contribution in [0.4, 0.5) is 0 Å². The van der Waals surface area contributed by atoms with Crippen LogP contribution in [0.3, 0.4) is 0 Å². The highest BCUT2D eigenvalue weighted by molar-refractivity contribution is 6.22. The van der Waals surface area contributed by atoms with Gasteiger partial charge in [-0.2, -0.15) is 0 Å². The topological polar surface area (TPSA) is 54.6 Å².